The Hall–Kier alpha value is -3.06. The first-order valence-corrected chi connectivity index (χ1v) is 9.32. The van der Waals surface area contributed by atoms with Crippen molar-refractivity contribution in [1.29, 1.82) is 0 Å². The Balaban J connectivity index is 1.91. The van der Waals surface area contributed by atoms with Gasteiger partial charge in [-0.25, -0.2) is 22.4 Å². The predicted octanol–water partition coefficient (Wildman–Crippen LogP) is 3.78. The third kappa shape index (κ3) is 2.66. The molecule has 0 radical (unpaired) electrons. The normalized spacial score (nSPS) is 11.8. The van der Waals surface area contributed by atoms with Gasteiger partial charge in [-0.05, 0) is 43.3 Å². The number of fused-ring (bicyclic) bond motifs is 1. The molecule has 4 rings (SSSR count). The minimum Gasteiger partial charge on any atom is -0.237 e. The molecule has 4 aromatic rings. The van der Waals surface area contributed by atoms with Crippen molar-refractivity contribution in [2.24, 2.45) is 0 Å². The summed E-state index contributed by atoms with van der Waals surface area (Å²) in [5.41, 5.74) is 2.28. The number of nitrogens with zero attached hydrogens (tertiary/aromatic N) is 3. The number of hydrogen-bond acceptors (Lipinski definition) is 4. The Morgan fingerprint density at radius 2 is 1.77 bits per heavy atom. The molecule has 0 aliphatic carbocycles. The zero-order chi connectivity index (χ0) is 18.3. The van der Waals surface area contributed by atoms with Gasteiger partial charge in [-0.3, -0.25) is 0 Å². The smallest absolute Gasteiger partial charge is 0.237 e. The van der Waals surface area contributed by atoms with Crippen LogP contribution in [0.15, 0.2) is 71.9 Å². The Labute approximate surface area is 149 Å². The molecule has 1 aromatic carbocycles. The Morgan fingerprint density at radius 1 is 1.00 bits per heavy atom. The molecule has 7 heteroatoms. The topological polar surface area (TPSA) is 64.8 Å². The molecule has 0 atom stereocenters. The molecule has 0 aliphatic rings. The van der Waals surface area contributed by atoms with Crippen LogP contribution in [0.5, 0.6) is 0 Å². The average Bonchev–Trinajstić information content (AvgIpc) is 3.07. The monoisotopic (exact) mass is 367 g/mol. The summed E-state index contributed by atoms with van der Waals surface area (Å²) in [5.74, 6) is -0.598. The average molecular weight is 367 g/mol. The molecule has 0 aliphatic heterocycles. The Bertz CT molecular complexity index is 1220. The molecule has 0 saturated heterocycles. The lowest BCUT2D eigenvalue weighted by molar-refractivity contribution is 0.585. The summed E-state index contributed by atoms with van der Waals surface area (Å²) in [7, 11) is -3.79. The molecule has 3 heterocycles. The summed E-state index contributed by atoms with van der Waals surface area (Å²) in [4.78, 5) is 8.28. The van der Waals surface area contributed by atoms with Gasteiger partial charge in [-0.1, -0.05) is 23.8 Å². The molecular weight excluding hydrogens is 353 g/mol. The van der Waals surface area contributed by atoms with Crippen LogP contribution < -0.4 is 0 Å². The lowest BCUT2D eigenvalue weighted by Crippen LogP contribution is -2.12. The summed E-state index contributed by atoms with van der Waals surface area (Å²) < 4.78 is 40.5. The third-order valence-corrected chi connectivity index (χ3v) is 5.80. The van der Waals surface area contributed by atoms with Crippen molar-refractivity contribution in [1.82, 2.24) is 13.9 Å². The first-order valence-electron chi connectivity index (χ1n) is 7.88. The van der Waals surface area contributed by atoms with E-state index in [2.05, 4.69) is 9.97 Å². The van der Waals surface area contributed by atoms with Gasteiger partial charge in [-0.2, -0.15) is 4.39 Å². The summed E-state index contributed by atoms with van der Waals surface area (Å²) in [6.45, 7) is 1.89. The molecule has 0 fully saturated rings. The van der Waals surface area contributed by atoms with E-state index in [1.807, 2.05) is 6.92 Å². The van der Waals surface area contributed by atoms with Crippen molar-refractivity contribution in [2.45, 2.75) is 11.8 Å². The molecule has 26 heavy (non-hydrogen) atoms. The molecule has 0 spiro atoms. The van der Waals surface area contributed by atoms with Gasteiger partial charge in [0, 0.05) is 23.3 Å². The summed E-state index contributed by atoms with van der Waals surface area (Å²) in [6, 6.07) is 14.4. The molecule has 0 unspecified atom stereocenters. The van der Waals surface area contributed by atoms with E-state index < -0.39 is 16.0 Å². The van der Waals surface area contributed by atoms with E-state index in [1.165, 1.54) is 18.5 Å². The zero-order valence-corrected chi connectivity index (χ0v) is 14.6. The maximum Gasteiger partial charge on any atom is 0.269 e. The Morgan fingerprint density at radius 3 is 2.50 bits per heavy atom. The predicted molar refractivity (Wildman–Crippen MR) is 96.7 cm³/mol. The minimum atomic E-state index is -3.79. The van der Waals surface area contributed by atoms with Crippen molar-refractivity contribution in [3.8, 4) is 11.3 Å². The van der Waals surface area contributed by atoms with E-state index in [0.29, 0.717) is 16.6 Å². The molecule has 5 nitrogen and oxygen atoms in total. The quantitative estimate of drug-likeness (QED) is 0.517. The van der Waals surface area contributed by atoms with E-state index in [4.69, 9.17) is 0 Å². The second-order valence-electron chi connectivity index (χ2n) is 5.87. The van der Waals surface area contributed by atoms with E-state index in [9.17, 15) is 12.8 Å². The van der Waals surface area contributed by atoms with Crippen molar-refractivity contribution in [3.63, 3.8) is 0 Å². The van der Waals surface area contributed by atoms with Crippen LogP contribution in [0.3, 0.4) is 0 Å². The fourth-order valence-corrected chi connectivity index (χ4v) is 4.12. The summed E-state index contributed by atoms with van der Waals surface area (Å²) in [6.07, 6.45) is 2.95. The van der Waals surface area contributed by atoms with Gasteiger partial charge in [0.1, 0.15) is 0 Å². The fraction of sp³-hybridized carbons (Fsp3) is 0.0526. The molecule has 0 N–H and O–H groups in total. The lowest BCUT2D eigenvalue weighted by Gasteiger charge is -2.08. The standard InChI is InChI=1S/C19H14FN3O2S/c1-13-5-7-14(8-6-13)26(24,25)23-12-10-16-15(9-11-21-19(16)23)17-3-2-4-18(20)22-17/h2-12H,1H3. The molecule has 0 saturated carbocycles. The number of halogens is 1. The summed E-state index contributed by atoms with van der Waals surface area (Å²) in [5, 5.41) is 0.585. The van der Waals surface area contributed by atoms with Crippen molar-refractivity contribution >= 4 is 21.1 Å². The second kappa shape index (κ2) is 6.03. The molecular formula is C19H14FN3O2S. The van der Waals surface area contributed by atoms with Gasteiger partial charge in [0.25, 0.3) is 10.0 Å². The lowest BCUT2D eigenvalue weighted by atomic mass is 10.1. The van der Waals surface area contributed by atoms with Crippen LogP contribution in [-0.2, 0) is 10.0 Å². The zero-order valence-electron chi connectivity index (χ0n) is 13.8. The summed E-state index contributed by atoms with van der Waals surface area (Å²) >= 11 is 0. The van der Waals surface area contributed by atoms with E-state index in [1.54, 1.807) is 48.5 Å². The van der Waals surface area contributed by atoms with Crippen LogP contribution in [0, 0.1) is 12.9 Å². The van der Waals surface area contributed by atoms with Crippen LogP contribution in [0.2, 0.25) is 0 Å². The largest absolute Gasteiger partial charge is 0.269 e. The van der Waals surface area contributed by atoms with Crippen LogP contribution >= 0.6 is 0 Å². The highest BCUT2D eigenvalue weighted by Crippen LogP contribution is 2.29. The van der Waals surface area contributed by atoms with Crippen LogP contribution in [-0.4, -0.2) is 22.4 Å². The molecule has 3 aromatic heterocycles. The van der Waals surface area contributed by atoms with Crippen molar-refractivity contribution < 1.29 is 12.8 Å². The highest BCUT2D eigenvalue weighted by atomic mass is 32.2. The van der Waals surface area contributed by atoms with E-state index in [0.717, 1.165) is 9.54 Å². The molecule has 130 valence electrons. The third-order valence-electron chi connectivity index (χ3n) is 4.12. The number of aromatic nitrogens is 3. The molecule has 0 amide bonds. The Kier molecular flexibility index (Phi) is 3.81. The number of benzene rings is 1. The van der Waals surface area contributed by atoms with Crippen LogP contribution in [0.1, 0.15) is 5.56 Å². The number of pyridine rings is 2. The van der Waals surface area contributed by atoms with E-state index >= 15 is 0 Å². The molecule has 0 bridgehead atoms. The van der Waals surface area contributed by atoms with Gasteiger partial charge in [-0.15, -0.1) is 0 Å². The SMILES string of the molecule is Cc1ccc(S(=O)(=O)n2ccc3c(-c4cccc(F)n4)ccnc32)cc1. The van der Waals surface area contributed by atoms with Crippen LogP contribution in [0.4, 0.5) is 4.39 Å². The van der Waals surface area contributed by atoms with Crippen LogP contribution in [0.25, 0.3) is 22.3 Å². The minimum absolute atomic E-state index is 0.177. The second-order valence-corrected chi connectivity index (χ2v) is 7.69. The maximum atomic E-state index is 13.5. The highest BCUT2D eigenvalue weighted by Gasteiger charge is 2.21. The highest BCUT2D eigenvalue weighted by molar-refractivity contribution is 7.90. The maximum absolute atomic E-state index is 13.5. The van der Waals surface area contributed by atoms with E-state index in [-0.39, 0.29) is 10.5 Å². The van der Waals surface area contributed by atoms with Crippen molar-refractivity contribution in [3.05, 3.63) is 78.5 Å². The van der Waals surface area contributed by atoms with Gasteiger partial charge in [0.2, 0.25) is 5.95 Å². The number of rotatable bonds is 3. The fourth-order valence-electron chi connectivity index (χ4n) is 2.81. The van der Waals surface area contributed by atoms with Gasteiger partial charge < -0.3 is 0 Å². The number of aryl methyl sites for hydroxylation is 1. The first kappa shape index (κ1) is 16.4. The number of hydrogen-bond donors (Lipinski definition) is 0. The van der Waals surface area contributed by atoms with Gasteiger partial charge >= 0.3 is 0 Å². The van der Waals surface area contributed by atoms with Crippen molar-refractivity contribution in [2.75, 3.05) is 0 Å². The van der Waals surface area contributed by atoms with Gasteiger partial charge in [0.15, 0.2) is 5.65 Å². The first-order chi connectivity index (χ1) is 12.5. The van der Waals surface area contributed by atoms with Gasteiger partial charge in [0.05, 0.1) is 10.6 Å².